The number of methoxy groups -OCH3 is 1. The van der Waals surface area contributed by atoms with E-state index in [2.05, 4.69) is 0 Å². The highest BCUT2D eigenvalue weighted by Crippen LogP contribution is 2.43. The molecule has 16 heteroatoms. The van der Waals surface area contributed by atoms with Gasteiger partial charge in [-0.1, -0.05) is 0 Å². The van der Waals surface area contributed by atoms with Crippen molar-refractivity contribution in [2.75, 3.05) is 13.7 Å². The quantitative estimate of drug-likeness (QED) is 0.172. The molecule has 1 aromatic heterocycles. The first-order valence-corrected chi connectivity index (χ1v) is 11.6. The van der Waals surface area contributed by atoms with Crippen LogP contribution >= 0.6 is 7.82 Å². The molecule has 190 valence electrons. The molecule has 35 heavy (non-hydrogen) atoms. The van der Waals surface area contributed by atoms with Crippen LogP contribution in [0, 0.1) is 10.1 Å². The molecule has 1 aliphatic heterocycles. The number of ether oxygens (including phenoxy) is 3. The zero-order chi connectivity index (χ0) is 25.9. The molecule has 1 saturated heterocycles. The van der Waals surface area contributed by atoms with Crippen LogP contribution in [0.1, 0.15) is 35.5 Å². The summed E-state index contributed by atoms with van der Waals surface area (Å²) >= 11 is 0. The van der Waals surface area contributed by atoms with Crippen LogP contribution in [-0.2, 0) is 25.2 Å². The molecule has 0 radical (unpaired) electrons. The predicted octanol–water partition coefficient (Wildman–Crippen LogP) is 0.638. The smallest absolute Gasteiger partial charge is 0.469 e. The second kappa shape index (κ2) is 10.6. The third-order valence-electron chi connectivity index (χ3n) is 5.13. The summed E-state index contributed by atoms with van der Waals surface area (Å²) < 4.78 is 33.5. The first-order valence-electron chi connectivity index (χ1n) is 10.0. The van der Waals surface area contributed by atoms with E-state index in [9.17, 15) is 38.8 Å². The van der Waals surface area contributed by atoms with E-state index in [0.717, 1.165) is 16.7 Å². The molecule has 0 bridgehead atoms. The second-order valence-corrected chi connectivity index (χ2v) is 8.72. The molecule has 0 amide bonds. The number of benzene rings is 1. The Kier molecular flexibility index (Phi) is 8.00. The molecule has 1 aliphatic rings. The summed E-state index contributed by atoms with van der Waals surface area (Å²) in [7, 11) is -3.71. The number of hydrogen-bond donors (Lipinski definition) is 3. The number of aromatic nitrogens is 2. The Bertz CT molecular complexity index is 1280. The number of nitrogens with zero attached hydrogens (tertiary/aromatic N) is 2. The van der Waals surface area contributed by atoms with E-state index in [4.69, 9.17) is 18.7 Å². The summed E-state index contributed by atoms with van der Waals surface area (Å²) in [6, 6.07) is 3.44. The van der Waals surface area contributed by atoms with Crippen LogP contribution in [0.3, 0.4) is 0 Å². The highest BCUT2D eigenvalue weighted by molar-refractivity contribution is 7.46. The third kappa shape index (κ3) is 6.48. The van der Waals surface area contributed by atoms with Crippen molar-refractivity contribution in [3.8, 4) is 5.75 Å². The van der Waals surface area contributed by atoms with E-state index in [1.807, 2.05) is 4.98 Å². The zero-order valence-electron chi connectivity index (χ0n) is 18.5. The molecule has 2 heterocycles. The van der Waals surface area contributed by atoms with Crippen LogP contribution in [0.4, 0.5) is 5.69 Å². The van der Waals surface area contributed by atoms with Gasteiger partial charge in [-0.25, -0.2) is 9.36 Å². The summed E-state index contributed by atoms with van der Waals surface area (Å²) in [5.74, 6) is -0.499. The SMILES string of the molecule is COc1cc(C(C)=O)c(COC[C@H]2O[C@@H](n3ccc(=O)[nH]c3=O)C[C@@H]2OP(=O)(O)O)cc1[N+](=O)[O-]. The number of rotatable bonds is 10. The number of nitro groups is 1. The van der Waals surface area contributed by atoms with Gasteiger partial charge in [0.15, 0.2) is 11.5 Å². The van der Waals surface area contributed by atoms with E-state index in [1.165, 1.54) is 26.3 Å². The van der Waals surface area contributed by atoms with Crippen molar-refractivity contribution in [1.82, 2.24) is 9.55 Å². The Morgan fingerprint density at radius 3 is 2.66 bits per heavy atom. The van der Waals surface area contributed by atoms with Gasteiger partial charge in [0.1, 0.15) is 18.4 Å². The van der Waals surface area contributed by atoms with Gasteiger partial charge in [0.2, 0.25) is 0 Å². The topological polar surface area (TPSA) is 210 Å². The Hall–Kier alpha value is -3.20. The monoisotopic (exact) mass is 515 g/mol. The lowest BCUT2D eigenvalue weighted by atomic mass is 10.0. The lowest BCUT2D eigenvalue weighted by Gasteiger charge is -2.19. The van der Waals surface area contributed by atoms with Crippen molar-refractivity contribution in [3.63, 3.8) is 0 Å². The number of aromatic amines is 1. The Balaban J connectivity index is 1.80. The number of carbonyl (C=O) groups is 1. The summed E-state index contributed by atoms with van der Waals surface area (Å²) in [6.45, 7) is 0.669. The molecule has 0 unspecified atom stereocenters. The first kappa shape index (κ1) is 26.4. The lowest BCUT2D eigenvalue weighted by Crippen LogP contribution is -2.31. The number of phosphoric ester groups is 1. The van der Waals surface area contributed by atoms with E-state index < -0.39 is 48.2 Å². The maximum absolute atomic E-state index is 12.1. The maximum atomic E-state index is 12.1. The number of phosphoric acid groups is 1. The fourth-order valence-corrected chi connectivity index (χ4v) is 4.19. The van der Waals surface area contributed by atoms with Crippen LogP contribution in [0.2, 0.25) is 0 Å². The minimum atomic E-state index is -4.94. The van der Waals surface area contributed by atoms with Gasteiger partial charge in [-0.05, 0) is 18.6 Å². The molecule has 2 aromatic rings. The second-order valence-electron chi connectivity index (χ2n) is 7.53. The molecular formula is C19H22N3O12P. The van der Waals surface area contributed by atoms with Crippen LogP contribution in [0.5, 0.6) is 5.75 Å². The van der Waals surface area contributed by atoms with Gasteiger partial charge in [0.25, 0.3) is 5.56 Å². The van der Waals surface area contributed by atoms with E-state index >= 15 is 0 Å². The number of ketones is 1. The highest BCUT2D eigenvalue weighted by Gasteiger charge is 2.41. The molecule has 3 N–H and O–H groups in total. The number of nitro benzene ring substituents is 1. The van der Waals surface area contributed by atoms with Gasteiger partial charge in [0, 0.05) is 30.3 Å². The van der Waals surface area contributed by atoms with Crippen LogP contribution in [-0.4, -0.2) is 56.0 Å². The summed E-state index contributed by atoms with van der Waals surface area (Å²) in [6.07, 6.45) is -2.28. The Labute approximate surface area is 196 Å². The molecule has 3 rings (SSSR count). The van der Waals surface area contributed by atoms with Crippen molar-refractivity contribution in [1.29, 1.82) is 0 Å². The van der Waals surface area contributed by atoms with E-state index in [1.54, 1.807) is 0 Å². The standard InChI is InChI=1S/C19H22N3O12P/c1-10(23)12-6-14(31-2)13(22(26)27)5-11(12)8-32-9-16-15(34-35(28,29)30)7-18(33-16)21-4-3-17(24)20-19(21)25/h3-6,15-16,18H,7-9H2,1-2H3,(H,20,24,25)(H2,28,29,30)/t15-,16+,18+/m0/s1. The Morgan fingerprint density at radius 1 is 1.37 bits per heavy atom. The van der Waals surface area contributed by atoms with Gasteiger partial charge in [-0.3, -0.25) is 33.8 Å². The minimum absolute atomic E-state index is 0.104. The number of hydrogen-bond acceptors (Lipinski definition) is 10. The Morgan fingerprint density at radius 2 is 2.09 bits per heavy atom. The summed E-state index contributed by atoms with van der Waals surface area (Å²) in [5, 5.41) is 11.3. The molecule has 0 aliphatic carbocycles. The largest absolute Gasteiger partial charge is 0.490 e. The zero-order valence-corrected chi connectivity index (χ0v) is 19.4. The number of H-pyrrole nitrogens is 1. The molecular weight excluding hydrogens is 493 g/mol. The molecule has 3 atom stereocenters. The van der Waals surface area contributed by atoms with Crippen LogP contribution in [0.25, 0.3) is 0 Å². The van der Waals surface area contributed by atoms with Crippen LogP contribution in [0.15, 0.2) is 34.0 Å². The fourth-order valence-electron chi connectivity index (χ4n) is 3.61. The molecule has 1 fully saturated rings. The van der Waals surface area contributed by atoms with Gasteiger partial charge in [-0.15, -0.1) is 0 Å². The predicted molar refractivity (Wildman–Crippen MR) is 116 cm³/mol. The van der Waals surface area contributed by atoms with E-state index in [0.29, 0.717) is 0 Å². The average Bonchev–Trinajstić information content (AvgIpc) is 3.13. The lowest BCUT2D eigenvalue weighted by molar-refractivity contribution is -0.385. The van der Waals surface area contributed by atoms with Crippen molar-refractivity contribution < 1.29 is 42.8 Å². The highest BCUT2D eigenvalue weighted by atomic mass is 31.2. The van der Waals surface area contributed by atoms with Gasteiger partial charge >= 0.3 is 19.2 Å². The normalized spacial score (nSPS) is 20.1. The number of carbonyl (C=O) groups excluding carboxylic acids is 1. The maximum Gasteiger partial charge on any atom is 0.469 e. The summed E-state index contributed by atoms with van der Waals surface area (Å²) in [4.78, 5) is 66.6. The van der Waals surface area contributed by atoms with Gasteiger partial charge in [-0.2, -0.15) is 0 Å². The fraction of sp³-hybridized carbons (Fsp3) is 0.421. The molecule has 0 spiro atoms. The number of nitrogens with one attached hydrogen (secondary N) is 1. The van der Waals surface area contributed by atoms with Gasteiger partial charge in [0.05, 0.1) is 25.2 Å². The molecule has 0 saturated carbocycles. The van der Waals surface area contributed by atoms with E-state index in [-0.39, 0.29) is 42.2 Å². The molecule has 15 nitrogen and oxygen atoms in total. The van der Waals surface area contributed by atoms with Crippen molar-refractivity contribution in [3.05, 3.63) is 66.5 Å². The first-order chi connectivity index (χ1) is 16.4. The number of Topliss-reactive ketones (excluding diaryl/α,β-unsaturated/α-hetero) is 1. The average molecular weight is 515 g/mol. The van der Waals surface area contributed by atoms with Gasteiger partial charge < -0.3 is 24.0 Å². The summed E-state index contributed by atoms with van der Waals surface area (Å²) in [5.41, 5.74) is -1.50. The van der Waals surface area contributed by atoms with Crippen molar-refractivity contribution in [2.24, 2.45) is 0 Å². The van der Waals surface area contributed by atoms with Crippen LogP contribution < -0.4 is 16.0 Å². The minimum Gasteiger partial charge on any atom is -0.490 e. The third-order valence-corrected chi connectivity index (χ3v) is 5.68. The van der Waals surface area contributed by atoms with Crippen molar-refractivity contribution >= 4 is 19.3 Å². The van der Waals surface area contributed by atoms with Crippen molar-refractivity contribution in [2.45, 2.75) is 38.4 Å². The molecule has 1 aromatic carbocycles.